The molecule has 1 amide bonds. The number of carbonyl (C=O) groups excluding carboxylic acids is 1. The van der Waals surface area contributed by atoms with Crippen LogP contribution >= 0.6 is 0 Å². The Morgan fingerprint density at radius 1 is 1.35 bits per heavy atom. The number of aliphatic hydroxyl groups excluding tert-OH is 1. The number of rotatable bonds is 7. The lowest BCUT2D eigenvalue weighted by molar-refractivity contribution is -0.127. The maximum atomic E-state index is 12.0. The van der Waals surface area contributed by atoms with Crippen LogP contribution in [0.15, 0.2) is 24.3 Å². The van der Waals surface area contributed by atoms with Gasteiger partial charge in [-0.1, -0.05) is 25.5 Å². The summed E-state index contributed by atoms with van der Waals surface area (Å²) in [7, 11) is 0. The number of aliphatic hydroxyl groups is 1. The standard InChI is InChI=1S/C16H25NO3/c1-5-7-11(2)17-16(19)13(4)20-15-9-6-8-14(10-15)12(3)18/h6,8-13,18H,5,7H2,1-4H3,(H,17,19)/t11?,12-,13?/m0/s1. The van der Waals surface area contributed by atoms with Gasteiger partial charge in [0.2, 0.25) is 0 Å². The highest BCUT2D eigenvalue weighted by atomic mass is 16.5. The summed E-state index contributed by atoms with van der Waals surface area (Å²) in [4.78, 5) is 12.0. The summed E-state index contributed by atoms with van der Waals surface area (Å²) in [5.41, 5.74) is 0.773. The highest BCUT2D eigenvalue weighted by Crippen LogP contribution is 2.19. The van der Waals surface area contributed by atoms with E-state index in [0.717, 1.165) is 18.4 Å². The lowest BCUT2D eigenvalue weighted by Crippen LogP contribution is -2.41. The lowest BCUT2D eigenvalue weighted by Gasteiger charge is -2.19. The second-order valence-corrected chi connectivity index (χ2v) is 5.21. The first kappa shape index (κ1) is 16.5. The molecule has 1 aromatic rings. The molecule has 3 atom stereocenters. The van der Waals surface area contributed by atoms with Gasteiger partial charge in [0.25, 0.3) is 5.91 Å². The van der Waals surface area contributed by atoms with E-state index in [4.69, 9.17) is 4.74 Å². The molecule has 0 radical (unpaired) electrons. The summed E-state index contributed by atoms with van der Waals surface area (Å²) in [6, 6.07) is 7.32. The van der Waals surface area contributed by atoms with Crippen LogP contribution in [0, 0.1) is 0 Å². The van der Waals surface area contributed by atoms with Crippen molar-refractivity contribution in [3.63, 3.8) is 0 Å². The Kier molecular flexibility index (Phi) is 6.52. The van der Waals surface area contributed by atoms with Gasteiger partial charge in [0, 0.05) is 6.04 Å². The fourth-order valence-electron chi connectivity index (χ4n) is 1.97. The molecule has 0 bridgehead atoms. The van der Waals surface area contributed by atoms with Crippen molar-refractivity contribution in [1.29, 1.82) is 0 Å². The van der Waals surface area contributed by atoms with Gasteiger partial charge < -0.3 is 15.2 Å². The topological polar surface area (TPSA) is 58.6 Å². The van der Waals surface area contributed by atoms with E-state index in [1.165, 1.54) is 0 Å². The van der Waals surface area contributed by atoms with Gasteiger partial charge in [-0.2, -0.15) is 0 Å². The number of carbonyl (C=O) groups is 1. The number of ether oxygens (including phenoxy) is 1. The summed E-state index contributed by atoms with van der Waals surface area (Å²) < 4.78 is 5.62. The summed E-state index contributed by atoms with van der Waals surface area (Å²) in [6.45, 7) is 7.50. The van der Waals surface area contributed by atoms with Gasteiger partial charge in [0.15, 0.2) is 6.10 Å². The van der Waals surface area contributed by atoms with Crippen molar-refractivity contribution in [2.75, 3.05) is 0 Å². The van der Waals surface area contributed by atoms with Gasteiger partial charge in [-0.15, -0.1) is 0 Å². The molecule has 0 aliphatic carbocycles. The van der Waals surface area contributed by atoms with E-state index < -0.39 is 12.2 Å². The first-order valence-electron chi connectivity index (χ1n) is 7.19. The molecule has 4 heteroatoms. The van der Waals surface area contributed by atoms with E-state index in [1.54, 1.807) is 26.0 Å². The van der Waals surface area contributed by atoms with Crippen molar-refractivity contribution >= 4 is 5.91 Å². The molecule has 2 unspecified atom stereocenters. The molecule has 0 heterocycles. The largest absolute Gasteiger partial charge is 0.481 e. The van der Waals surface area contributed by atoms with Crippen molar-refractivity contribution in [3.05, 3.63) is 29.8 Å². The van der Waals surface area contributed by atoms with Gasteiger partial charge in [-0.3, -0.25) is 4.79 Å². The van der Waals surface area contributed by atoms with Crippen molar-refractivity contribution in [2.24, 2.45) is 0 Å². The molecule has 2 N–H and O–H groups in total. The van der Waals surface area contributed by atoms with Crippen molar-refractivity contribution in [2.45, 2.75) is 58.8 Å². The molecule has 0 saturated heterocycles. The molecule has 0 spiro atoms. The molecular formula is C16H25NO3. The molecule has 0 aliphatic heterocycles. The monoisotopic (exact) mass is 279 g/mol. The minimum Gasteiger partial charge on any atom is -0.481 e. The average Bonchev–Trinajstić information content (AvgIpc) is 2.39. The van der Waals surface area contributed by atoms with E-state index >= 15 is 0 Å². The summed E-state index contributed by atoms with van der Waals surface area (Å²) >= 11 is 0. The fourth-order valence-corrected chi connectivity index (χ4v) is 1.97. The third kappa shape index (κ3) is 5.21. The van der Waals surface area contributed by atoms with Crippen LogP contribution < -0.4 is 10.1 Å². The van der Waals surface area contributed by atoms with Gasteiger partial charge in [0.1, 0.15) is 5.75 Å². The molecule has 0 fully saturated rings. The molecular weight excluding hydrogens is 254 g/mol. The molecule has 0 aliphatic rings. The quantitative estimate of drug-likeness (QED) is 0.807. The average molecular weight is 279 g/mol. The zero-order chi connectivity index (χ0) is 15.1. The Morgan fingerprint density at radius 3 is 2.65 bits per heavy atom. The molecule has 20 heavy (non-hydrogen) atoms. The van der Waals surface area contributed by atoms with E-state index in [0.29, 0.717) is 5.75 Å². The van der Waals surface area contributed by atoms with E-state index in [2.05, 4.69) is 12.2 Å². The van der Waals surface area contributed by atoms with Crippen LogP contribution in [-0.4, -0.2) is 23.2 Å². The minimum atomic E-state index is -0.557. The first-order chi connectivity index (χ1) is 9.43. The van der Waals surface area contributed by atoms with Crippen LogP contribution in [-0.2, 0) is 4.79 Å². The van der Waals surface area contributed by atoms with Crippen LogP contribution in [0.25, 0.3) is 0 Å². The Balaban J connectivity index is 2.59. The van der Waals surface area contributed by atoms with E-state index in [-0.39, 0.29) is 11.9 Å². The minimum absolute atomic E-state index is 0.117. The highest BCUT2D eigenvalue weighted by molar-refractivity contribution is 5.80. The molecule has 4 nitrogen and oxygen atoms in total. The number of hydrogen-bond acceptors (Lipinski definition) is 3. The smallest absolute Gasteiger partial charge is 0.260 e. The predicted octanol–water partition coefficient (Wildman–Crippen LogP) is 2.81. The lowest BCUT2D eigenvalue weighted by atomic mass is 10.1. The third-order valence-corrected chi connectivity index (χ3v) is 3.13. The first-order valence-corrected chi connectivity index (χ1v) is 7.19. The predicted molar refractivity (Wildman–Crippen MR) is 79.7 cm³/mol. The molecule has 1 aromatic carbocycles. The molecule has 0 saturated carbocycles. The van der Waals surface area contributed by atoms with Crippen LogP contribution in [0.5, 0.6) is 5.75 Å². The second-order valence-electron chi connectivity index (χ2n) is 5.21. The number of benzene rings is 1. The maximum Gasteiger partial charge on any atom is 0.260 e. The Hall–Kier alpha value is -1.55. The maximum absolute atomic E-state index is 12.0. The van der Waals surface area contributed by atoms with Gasteiger partial charge in [-0.05, 0) is 44.9 Å². The second kappa shape index (κ2) is 7.90. The SMILES string of the molecule is CCCC(C)NC(=O)C(C)Oc1cccc([C@H](C)O)c1. The van der Waals surface area contributed by atoms with Crippen LogP contribution in [0.2, 0.25) is 0 Å². The Morgan fingerprint density at radius 2 is 2.05 bits per heavy atom. The van der Waals surface area contributed by atoms with Gasteiger partial charge in [0.05, 0.1) is 6.10 Å². The van der Waals surface area contributed by atoms with Crippen molar-refractivity contribution in [1.82, 2.24) is 5.32 Å². The third-order valence-electron chi connectivity index (χ3n) is 3.13. The van der Waals surface area contributed by atoms with E-state index in [9.17, 15) is 9.90 Å². The normalized spacial score (nSPS) is 15.2. The van der Waals surface area contributed by atoms with Gasteiger partial charge in [-0.25, -0.2) is 0 Å². The van der Waals surface area contributed by atoms with Crippen LogP contribution in [0.1, 0.15) is 52.2 Å². The number of hydrogen-bond donors (Lipinski definition) is 2. The summed E-state index contributed by atoms with van der Waals surface area (Å²) in [6.07, 6.45) is 0.883. The molecule has 0 aromatic heterocycles. The number of nitrogens with one attached hydrogen (secondary N) is 1. The summed E-state index contributed by atoms with van der Waals surface area (Å²) in [5.74, 6) is 0.475. The van der Waals surface area contributed by atoms with E-state index in [1.807, 2.05) is 19.1 Å². The molecule has 112 valence electrons. The van der Waals surface area contributed by atoms with Crippen molar-refractivity contribution < 1.29 is 14.6 Å². The Labute approximate surface area is 121 Å². The highest BCUT2D eigenvalue weighted by Gasteiger charge is 2.16. The van der Waals surface area contributed by atoms with Gasteiger partial charge >= 0.3 is 0 Å². The zero-order valence-corrected chi connectivity index (χ0v) is 12.7. The number of amides is 1. The fraction of sp³-hybridized carbons (Fsp3) is 0.562. The summed E-state index contributed by atoms with van der Waals surface area (Å²) in [5, 5.41) is 12.5. The van der Waals surface area contributed by atoms with Crippen LogP contribution in [0.4, 0.5) is 0 Å². The van der Waals surface area contributed by atoms with Crippen molar-refractivity contribution in [3.8, 4) is 5.75 Å². The zero-order valence-electron chi connectivity index (χ0n) is 12.7. The molecule has 1 rings (SSSR count). The van der Waals surface area contributed by atoms with Crippen LogP contribution in [0.3, 0.4) is 0 Å². The Bertz CT molecular complexity index is 431.